The normalized spacial score (nSPS) is 10.4. The van der Waals surface area contributed by atoms with Gasteiger partial charge in [-0.2, -0.15) is 5.10 Å². The molecule has 0 saturated heterocycles. The third-order valence-electron chi connectivity index (χ3n) is 2.32. The minimum absolute atomic E-state index is 0.0358. The van der Waals surface area contributed by atoms with Crippen LogP contribution in [0.3, 0.4) is 0 Å². The number of nitrogens with zero attached hydrogens (tertiary/aromatic N) is 3. The van der Waals surface area contributed by atoms with Crippen molar-refractivity contribution in [3.63, 3.8) is 0 Å². The fourth-order valence-electron chi connectivity index (χ4n) is 1.45. The molecule has 100 valence electrons. The average molecular weight is 264 g/mol. The summed E-state index contributed by atoms with van der Waals surface area (Å²) in [5.74, 6) is -1.36. The molecule has 2 rings (SSSR count). The number of rotatable bonds is 5. The van der Waals surface area contributed by atoms with Gasteiger partial charge in [0.25, 0.3) is 5.91 Å². The molecule has 0 spiro atoms. The molecule has 2 heterocycles. The van der Waals surface area contributed by atoms with Crippen LogP contribution < -0.4 is 5.32 Å². The first kappa shape index (κ1) is 12.8. The van der Waals surface area contributed by atoms with E-state index in [4.69, 9.17) is 9.52 Å². The Morgan fingerprint density at radius 3 is 2.74 bits per heavy atom. The van der Waals surface area contributed by atoms with Crippen LogP contribution >= 0.6 is 0 Å². The highest BCUT2D eigenvalue weighted by molar-refractivity contribution is 5.93. The average Bonchev–Trinajstić information content (AvgIpc) is 2.98. The molecule has 1 amide bonds. The first-order valence-corrected chi connectivity index (χ1v) is 5.52. The second-order valence-electron chi connectivity index (χ2n) is 3.81. The topological polar surface area (TPSA) is 110 Å². The Labute approximate surface area is 108 Å². The van der Waals surface area contributed by atoms with Crippen molar-refractivity contribution in [1.29, 1.82) is 0 Å². The molecule has 0 bridgehead atoms. The molecule has 0 radical (unpaired) electrons. The van der Waals surface area contributed by atoms with Crippen LogP contribution in [0.25, 0.3) is 0 Å². The highest BCUT2D eigenvalue weighted by Gasteiger charge is 2.14. The third kappa shape index (κ3) is 3.18. The molecule has 0 aliphatic carbocycles. The van der Waals surface area contributed by atoms with Crippen LogP contribution in [-0.4, -0.2) is 38.3 Å². The highest BCUT2D eigenvalue weighted by Crippen LogP contribution is 2.07. The largest absolute Gasteiger partial charge is 0.475 e. The van der Waals surface area contributed by atoms with E-state index in [-0.39, 0.29) is 11.5 Å². The number of hydrogen-bond donors (Lipinski definition) is 2. The van der Waals surface area contributed by atoms with Gasteiger partial charge in [0.05, 0.1) is 0 Å². The third-order valence-corrected chi connectivity index (χ3v) is 2.32. The zero-order chi connectivity index (χ0) is 13.8. The van der Waals surface area contributed by atoms with Gasteiger partial charge in [-0.3, -0.25) is 9.48 Å². The van der Waals surface area contributed by atoms with Crippen LogP contribution in [0.4, 0.5) is 0 Å². The van der Waals surface area contributed by atoms with Crippen molar-refractivity contribution < 1.29 is 19.1 Å². The number of aryl methyl sites for hydroxylation is 1. The summed E-state index contributed by atoms with van der Waals surface area (Å²) in [6, 6.07) is 2.55. The fourth-order valence-corrected chi connectivity index (χ4v) is 1.45. The van der Waals surface area contributed by atoms with Gasteiger partial charge in [-0.1, -0.05) is 0 Å². The van der Waals surface area contributed by atoms with Crippen molar-refractivity contribution in [3.05, 3.63) is 35.8 Å². The van der Waals surface area contributed by atoms with Gasteiger partial charge < -0.3 is 14.8 Å². The molecule has 0 aliphatic heterocycles. The molecule has 2 N–H and O–H groups in total. The minimum Gasteiger partial charge on any atom is -0.475 e. The molecule has 19 heavy (non-hydrogen) atoms. The van der Waals surface area contributed by atoms with E-state index >= 15 is 0 Å². The molecule has 8 heteroatoms. The van der Waals surface area contributed by atoms with Crippen LogP contribution in [0.15, 0.2) is 22.9 Å². The van der Waals surface area contributed by atoms with Crippen molar-refractivity contribution >= 4 is 11.9 Å². The van der Waals surface area contributed by atoms with Crippen LogP contribution in [-0.2, 0) is 13.5 Å². The van der Waals surface area contributed by atoms with E-state index in [0.29, 0.717) is 18.8 Å². The maximum atomic E-state index is 11.6. The molecule has 0 aliphatic rings. The molecule has 0 aromatic carbocycles. The Morgan fingerprint density at radius 1 is 1.42 bits per heavy atom. The van der Waals surface area contributed by atoms with Gasteiger partial charge >= 0.3 is 5.97 Å². The summed E-state index contributed by atoms with van der Waals surface area (Å²) in [6.07, 6.45) is 2.06. The van der Waals surface area contributed by atoms with Gasteiger partial charge in [0, 0.05) is 20.0 Å². The summed E-state index contributed by atoms with van der Waals surface area (Å²) in [4.78, 5) is 26.2. The quantitative estimate of drug-likeness (QED) is 0.791. The van der Waals surface area contributed by atoms with E-state index in [0.717, 1.165) is 0 Å². The van der Waals surface area contributed by atoms with Gasteiger partial charge in [-0.15, -0.1) is 0 Å². The number of aromatic carboxylic acids is 1. The zero-order valence-corrected chi connectivity index (χ0v) is 10.2. The molecule has 8 nitrogen and oxygen atoms in total. The van der Waals surface area contributed by atoms with Crippen molar-refractivity contribution in [2.75, 3.05) is 6.54 Å². The predicted molar refractivity (Wildman–Crippen MR) is 62.7 cm³/mol. The Hall–Kier alpha value is -2.64. The van der Waals surface area contributed by atoms with Crippen LogP contribution in [0.2, 0.25) is 0 Å². The maximum Gasteiger partial charge on any atom is 0.371 e. The number of nitrogens with one attached hydrogen (secondary N) is 1. The second-order valence-corrected chi connectivity index (χ2v) is 3.81. The first-order valence-electron chi connectivity index (χ1n) is 5.52. The molecular formula is C11H12N4O4. The molecule has 2 aromatic heterocycles. The summed E-state index contributed by atoms with van der Waals surface area (Å²) < 4.78 is 6.44. The molecule has 0 fully saturated rings. The second kappa shape index (κ2) is 5.34. The summed E-state index contributed by atoms with van der Waals surface area (Å²) in [7, 11) is 1.76. The zero-order valence-electron chi connectivity index (χ0n) is 10.2. The first-order chi connectivity index (χ1) is 9.06. The van der Waals surface area contributed by atoms with Gasteiger partial charge in [-0.25, -0.2) is 9.78 Å². The van der Waals surface area contributed by atoms with Crippen molar-refractivity contribution in [1.82, 2.24) is 20.1 Å². The van der Waals surface area contributed by atoms with Crippen molar-refractivity contribution in [2.24, 2.45) is 7.05 Å². The van der Waals surface area contributed by atoms with E-state index in [1.165, 1.54) is 12.1 Å². The Bertz CT molecular complexity index is 601. The monoisotopic (exact) mass is 264 g/mol. The smallest absolute Gasteiger partial charge is 0.371 e. The Kier molecular flexibility index (Phi) is 3.60. The predicted octanol–water partition coefficient (Wildman–Crippen LogP) is 0.0788. The standard InChI is InChI=1S/C11H12N4O4/c1-15-6-13-9(14-15)4-5-12-10(16)7-2-3-8(19-7)11(17)18/h2-3,6H,4-5H2,1H3,(H,12,16)(H,17,18). The van der Waals surface area contributed by atoms with E-state index in [2.05, 4.69) is 15.4 Å². The van der Waals surface area contributed by atoms with Gasteiger partial charge in [0.15, 0.2) is 11.6 Å². The van der Waals surface area contributed by atoms with Crippen LogP contribution in [0, 0.1) is 0 Å². The number of carboxylic acids is 1. The number of amides is 1. The lowest BCUT2D eigenvalue weighted by Gasteiger charge is -2.00. The lowest BCUT2D eigenvalue weighted by Crippen LogP contribution is -2.25. The van der Waals surface area contributed by atoms with E-state index in [9.17, 15) is 9.59 Å². The Balaban J connectivity index is 1.85. The Morgan fingerprint density at radius 2 is 2.16 bits per heavy atom. The van der Waals surface area contributed by atoms with Crippen molar-refractivity contribution in [2.45, 2.75) is 6.42 Å². The van der Waals surface area contributed by atoms with Crippen LogP contribution in [0.5, 0.6) is 0 Å². The molecule has 0 saturated carbocycles. The number of aromatic nitrogens is 3. The minimum atomic E-state index is -1.21. The molecular weight excluding hydrogens is 252 g/mol. The number of carbonyl (C=O) groups excluding carboxylic acids is 1. The molecule has 2 aromatic rings. The summed E-state index contributed by atoms with van der Waals surface area (Å²) >= 11 is 0. The highest BCUT2D eigenvalue weighted by atomic mass is 16.4. The number of carboxylic acid groups (broad SMARTS) is 1. The summed E-state index contributed by atoms with van der Waals surface area (Å²) in [5.41, 5.74) is 0. The van der Waals surface area contributed by atoms with E-state index in [1.807, 2.05) is 0 Å². The fraction of sp³-hybridized carbons (Fsp3) is 0.273. The lowest BCUT2D eigenvalue weighted by atomic mass is 10.3. The van der Waals surface area contributed by atoms with Crippen LogP contribution in [0.1, 0.15) is 26.9 Å². The molecule has 0 atom stereocenters. The van der Waals surface area contributed by atoms with Gasteiger partial charge in [-0.05, 0) is 12.1 Å². The summed E-state index contributed by atoms with van der Waals surface area (Å²) in [5, 5.41) is 15.3. The number of carbonyl (C=O) groups is 2. The van der Waals surface area contributed by atoms with E-state index in [1.54, 1.807) is 18.1 Å². The summed E-state index contributed by atoms with van der Waals surface area (Å²) in [6.45, 7) is 0.339. The number of hydrogen-bond acceptors (Lipinski definition) is 5. The van der Waals surface area contributed by atoms with Crippen molar-refractivity contribution in [3.8, 4) is 0 Å². The lowest BCUT2D eigenvalue weighted by molar-refractivity contribution is 0.0659. The van der Waals surface area contributed by atoms with Gasteiger partial charge in [0.1, 0.15) is 6.33 Å². The maximum absolute atomic E-state index is 11.6. The molecule has 0 unspecified atom stereocenters. The SMILES string of the molecule is Cn1cnc(CCNC(=O)c2ccc(C(=O)O)o2)n1. The van der Waals surface area contributed by atoms with E-state index < -0.39 is 11.9 Å². The van der Waals surface area contributed by atoms with Gasteiger partial charge in [0.2, 0.25) is 5.76 Å². The number of furan rings is 1.